The average molecular weight is 294 g/mol. The molecular formula is C19H15FO2. The summed E-state index contributed by atoms with van der Waals surface area (Å²) in [5.41, 5.74) is 2.39. The van der Waals surface area contributed by atoms with Crippen LogP contribution in [0.15, 0.2) is 42.5 Å². The lowest BCUT2D eigenvalue weighted by atomic mass is 9.85. The van der Waals surface area contributed by atoms with Crippen LogP contribution in [-0.4, -0.2) is 16.3 Å². The SMILES string of the molecule is Cc1cc2c(c3cc(F)c4ccccc4c13)C=C[C@H](O)[C@H]2O. The maximum atomic E-state index is 14.5. The quantitative estimate of drug-likeness (QED) is 0.618. The van der Waals surface area contributed by atoms with Gasteiger partial charge in [-0.05, 0) is 45.8 Å². The van der Waals surface area contributed by atoms with Gasteiger partial charge in [0.2, 0.25) is 0 Å². The minimum atomic E-state index is -0.974. The Hall–Kier alpha value is -2.23. The van der Waals surface area contributed by atoms with Crippen molar-refractivity contribution in [2.24, 2.45) is 0 Å². The minimum absolute atomic E-state index is 0.273. The molecule has 1 aliphatic carbocycles. The summed E-state index contributed by atoms with van der Waals surface area (Å²) in [5, 5.41) is 23.2. The minimum Gasteiger partial charge on any atom is -0.386 e. The first-order valence-electron chi connectivity index (χ1n) is 7.26. The number of fused-ring (bicyclic) bond motifs is 5. The van der Waals surface area contributed by atoms with Crippen LogP contribution in [0.3, 0.4) is 0 Å². The number of aliphatic hydroxyl groups excluding tert-OH is 2. The number of rotatable bonds is 0. The van der Waals surface area contributed by atoms with Crippen LogP contribution < -0.4 is 0 Å². The standard InChI is InChI=1S/C19H15FO2/c1-10-8-15-11(6-7-17(21)19(15)22)14-9-16(20)12-4-2-3-5-13(12)18(10)14/h2-9,17,19,21-22H,1H3/t17-,19-/m0/s1. The number of aliphatic hydroxyl groups is 2. The molecule has 2 nitrogen and oxygen atoms in total. The van der Waals surface area contributed by atoms with E-state index in [1.165, 1.54) is 6.07 Å². The first kappa shape index (κ1) is 13.4. The van der Waals surface area contributed by atoms with Gasteiger partial charge < -0.3 is 10.2 Å². The third kappa shape index (κ3) is 1.73. The Morgan fingerprint density at radius 2 is 1.73 bits per heavy atom. The van der Waals surface area contributed by atoms with Crippen LogP contribution >= 0.6 is 0 Å². The molecule has 110 valence electrons. The Kier molecular flexibility index (Phi) is 2.83. The van der Waals surface area contributed by atoms with Crippen LogP contribution in [-0.2, 0) is 0 Å². The van der Waals surface area contributed by atoms with E-state index in [1.807, 2.05) is 31.2 Å². The van der Waals surface area contributed by atoms with Crippen LogP contribution in [0, 0.1) is 12.7 Å². The van der Waals surface area contributed by atoms with Gasteiger partial charge in [0.1, 0.15) is 18.0 Å². The highest BCUT2D eigenvalue weighted by Crippen LogP contribution is 2.39. The molecule has 3 aromatic carbocycles. The van der Waals surface area contributed by atoms with Crippen molar-refractivity contribution in [3.63, 3.8) is 0 Å². The third-order valence-electron chi connectivity index (χ3n) is 4.46. The molecule has 2 atom stereocenters. The van der Waals surface area contributed by atoms with E-state index in [0.717, 1.165) is 27.3 Å². The van der Waals surface area contributed by atoms with E-state index in [4.69, 9.17) is 0 Å². The predicted molar refractivity (Wildman–Crippen MR) is 86.1 cm³/mol. The van der Waals surface area contributed by atoms with Crippen LogP contribution in [0.4, 0.5) is 4.39 Å². The molecule has 4 rings (SSSR count). The van der Waals surface area contributed by atoms with E-state index in [9.17, 15) is 14.6 Å². The van der Waals surface area contributed by atoms with Gasteiger partial charge in [0.25, 0.3) is 0 Å². The van der Waals surface area contributed by atoms with Crippen molar-refractivity contribution in [3.05, 3.63) is 65.0 Å². The highest BCUT2D eigenvalue weighted by Gasteiger charge is 2.25. The molecule has 0 unspecified atom stereocenters. The fraction of sp³-hybridized carbons (Fsp3) is 0.158. The van der Waals surface area contributed by atoms with Crippen molar-refractivity contribution in [2.75, 3.05) is 0 Å². The van der Waals surface area contributed by atoms with Gasteiger partial charge in [-0.25, -0.2) is 4.39 Å². The second-order valence-electron chi connectivity index (χ2n) is 5.82. The van der Waals surface area contributed by atoms with Gasteiger partial charge in [-0.15, -0.1) is 0 Å². The van der Waals surface area contributed by atoms with E-state index in [-0.39, 0.29) is 5.82 Å². The van der Waals surface area contributed by atoms with Gasteiger partial charge in [-0.3, -0.25) is 0 Å². The van der Waals surface area contributed by atoms with Crippen LogP contribution in [0.1, 0.15) is 22.8 Å². The van der Waals surface area contributed by atoms with Crippen molar-refractivity contribution >= 4 is 27.6 Å². The van der Waals surface area contributed by atoms with Crippen molar-refractivity contribution in [1.82, 2.24) is 0 Å². The molecule has 0 saturated heterocycles. The molecule has 0 amide bonds. The Balaban J connectivity index is 2.22. The molecule has 0 bridgehead atoms. The molecule has 1 aliphatic rings. The summed E-state index contributed by atoms with van der Waals surface area (Å²) in [6, 6.07) is 10.8. The number of halogens is 1. The molecular weight excluding hydrogens is 279 g/mol. The van der Waals surface area contributed by atoms with Gasteiger partial charge in [-0.2, -0.15) is 0 Å². The molecule has 22 heavy (non-hydrogen) atoms. The maximum absolute atomic E-state index is 14.5. The summed E-state index contributed by atoms with van der Waals surface area (Å²) in [7, 11) is 0. The Morgan fingerprint density at radius 1 is 1.00 bits per heavy atom. The molecule has 0 aliphatic heterocycles. The lowest BCUT2D eigenvalue weighted by molar-refractivity contribution is 0.0471. The molecule has 2 N–H and O–H groups in total. The molecule has 3 aromatic rings. The molecule has 0 aromatic heterocycles. The Labute approximate surface area is 127 Å². The van der Waals surface area contributed by atoms with Gasteiger partial charge in [0, 0.05) is 5.39 Å². The zero-order valence-electron chi connectivity index (χ0n) is 12.0. The number of aryl methyl sites for hydroxylation is 1. The topological polar surface area (TPSA) is 40.5 Å². The van der Waals surface area contributed by atoms with Crippen molar-refractivity contribution < 1.29 is 14.6 Å². The van der Waals surface area contributed by atoms with E-state index < -0.39 is 12.2 Å². The van der Waals surface area contributed by atoms with E-state index in [2.05, 4.69) is 0 Å². The van der Waals surface area contributed by atoms with E-state index in [1.54, 1.807) is 18.2 Å². The molecule has 0 spiro atoms. The second kappa shape index (κ2) is 4.63. The molecule has 0 heterocycles. The third-order valence-corrected chi connectivity index (χ3v) is 4.46. The largest absolute Gasteiger partial charge is 0.386 e. The second-order valence-corrected chi connectivity index (χ2v) is 5.82. The van der Waals surface area contributed by atoms with E-state index in [0.29, 0.717) is 10.9 Å². The van der Waals surface area contributed by atoms with Crippen LogP contribution in [0.5, 0.6) is 0 Å². The smallest absolute Gasteiger partial charge is 0.131 e. The van der Waals surface area contributed by atoms with Gasteiger partial charge in [0.15, 0.2) is 0 Å². The van der Waals surface area contributed by atoms with Crippen molar-refractivity contribution in [3.8, 4) is 0 Å². The fourth-order valence-corrected chi connectivity index (χ4v) is 3.42. The molecule has 3 heteroatoms. The molecule has 0 radical (unpaired) electrons. The van der Waals surface area contributed by atoms with E-state index >= 15 is 0 Å². The summed E-state index contributed by atoms with van der Waals surface area (Å²) >= 11 is 0. The zero-order chi connectivity index (χ0) is 15.4. The number of hydrogen-bond donors (Lipinski definition) is 2. The maximum Gasteiger partial charge on any atom is 0.131 e. The first-order valence-corrected chi connectivity index (χ1v) is 7.26. The van der Waals surface area contributed by atoms with Crippen LogP contribution in [0.25, 0.3) is 27.6 Å². The van der Waals surface area contributed by atoms with Crippen molar-refractivity contribution in [1.29, 1.82) is 0 Å². The van der Waals surface area contributed by atoms with Gasteiger partial charge >= 0.3 is 0 Å². The number of benzene rings is 3. The normalized spacial score (nSPS) is 20.5. The summed E-state index contributed by atoms with van der Waals surface area (Å²) in [5.74, 6) is -0.273. The highest BCUT2D eigenvalue weighted by molar-refractivity contribution is 6.12. The summed E-state index contributed by atoms with van der Waals surface area (Å²) in [6.45, 7) is 1.95. The lowest BCUT2D eigenvalue weighted by Crippen LogP contribution is -2.19. The summed E-state index contributed by atoms with van der Waals surface area (Å²) < 4.78 is 14.5. The predicted octanol–water partition coefficient (Wildman–Crippen LogP) is 3.86. The summed E-state index contributed by atoms with van der Waals surface area (Å²) in [4.78, 5) is 0. The molecule has 0 fully saturated rings. The Morgan fingerprint density at radius 3 is 2.50 bits per heavy atom. The number of hydrogen-bond acceptors (Lipinski definition) is 2. The lowest BCUT2D eigenvalue weighted by Gasteiger charge is -2.24. The Bertz CT molecular complexity index is 943. The summed E-state index contributed by atoms with van der Waals surface area (Å²) in [6.07, 6.45) is 1.42. The van der Waals surface area contributed by atoms with Crippen LogP contribution in [0.2, 0.25) is 0 Å². The zero-order valence-corrected chi connectivity index (χ0v) is 12.0. The van der Waals surface area contributed by atoms with Gasteiger partial charge in [-0.1, -0.05) is 42.5 Å². The van der Waals surface area contributed by atoms with Crippen molar-refractivity contribution in [2.45, 2.75) is 19.1 Å². The fourth-order valence-electron chi connectivity index (χ4n) is 3.42. The first-order chi connectivity index (χ1) is 10.6. The van der Waals surface area contributed by atoms with Gasteiger partial charge in [0.05, 0.1) is 0 Å². The highest BCUT2D eigenvalue weighted by atomic mass is 19.1. The monoisotopic (exact) mass is 294 g/mol. The average Bonchev–Trinajstić information content (AvgIpc) is 2.51. The molecule has 0 saturated carbocycles.